The molecule has 0 aliphatic carbocycles. The van der Waals surface area contributed by atoms with Crippen molar-refractivity contribution < 1.29 is 4.18 Å². The predicted octanol–water partition coefficient (Wildman–Crippen LogP) is 3.51. The number of likely N-dealkylation sites (tertiary alicyclic amines) is 1. The van der Waals surface area contributed by atoms with E-state index in [1.54, 1.807) is 6.20 Å². The van der Waals surface area contributed by atoms with Crippen LogP contribution >= 0.6 is 0 Å². The maximum atomic E-state index is 6.30. The van der Waals surface area contributed by atoms with E-state index in [1.807, 2.05) is 0 Å². The van der Waals surface area contributed by atoms with Crippen molar-refractivity contribution in [3.8, 4) is 0 Å². The fourth-order valence-corrected chi connectivity index (χ4v) is 3.58. The van der Waals surface area contributed by atoms with Crippen molar-refractivity contribution in [2.75, 3.05) is 25.9 Å². The van der Waals surface area contributed by atoms with Gasteiger partial charge in [-0.2, -0.15) is 4.18 Å². The zero-order valence-corrected chi connectivity index (χ0v) is 15.7. The van der Waals surface area contributed by atoms with E-state index in [0.29, 0.717) is 6.10 Å². The molecule has 128 valence electrons. The first-order chi connectivity index (χ1) is 10.9. The Morgan fingerprint density at radius 1 is 1.39 bits per heavy atom. The normalized spacial score (nSPS) is 21.8. The fourth-order valence-electron chi connectivity index (χ4n) is 2.73. The van der Waals surface area contributed by atoms with Gasteiger partial charge in [-0.05, 0) is 39.0 Å². The first kappa shape index (κ1) is 18.4. The molecule has 2 rings (SSSR count). The van der Waals surface area contributed by atoms with E-state index in [4.69, 9.17) is 4.18 Å². The molecule has 1 fully saturated rings. The number of hydrogen-bond donors (Lipinski definition) is 1. The Morgan fingerprint density at radius 3 is 2.70 bits per heavy atom. The average Bonchev–Trinajstić information content (AvgIpc) is 2.94. The number of benzene rings is 1. The van der Waals surface area contributed by atoms with Crippen molar-refractivity contribution in [2.24, 2.45) is 0 Å². The third-order valence-corrected chi connectivity index (χ3v) is 6.62. The maximum absolute atomic E-state index is 6.30. The van der Waals surface area contributed by atoms with Gasteiger partial charge in [0.25, 0.3) is 0 Å². The third kappa shape index (κ3) is 5.55. The van der Waals surface area contributed by atoms with Crippen LogP contribution in [-0.4, -0.2) is 41.6 Å². The van der Waals surface area contributed by atoms with Gasteiger partial charge in [-0.25, -0.2) is 0 Å². The monoisotopic (exact) mass is 335 g/mol. The Morgan fingerprint density at radius 2 is 2.09 bits per heavy atom. The number of hydrogen-bond acceptors (Lipinski definition) is 3. The van der Waals surface area contributed by atoms with Gasteiger partial charge in [0, 0.05) is 19.6 Å². The zero-order chi connectivity index (χ0) is 16.9. The molecule has 0 radical (unpaired) electrons. The van der Waals surface area contributed by atoms with Gasteiger partial charge < -0.3 is 5.32 Å². The molecule has 1 saturated heterocycles. The lowest BCUT2D eigenvalue weighted by Crippen LogP contribution is -2.35. The van der Waals surface area contributed by atoms with Crippen LogP contribution in [0.5, 0.6) is 0 Å². The Hall–Kier alpha value is -0.970. The van der Waals surface area contributed by atoms with Crippen LogP contribution in [-0.2, 0) is 15.4 Å². The van der Waals surface area contributed by atoms with Crippen LogP contribution in [0, 0.1) is 0 Å². The number of nitrogens with one attached hydrogen (secondary N) is 1. The Bertz CT molecular complexity index is 486. The molecule has 1 unspecified atom stereocenters. The van der Waals surface area contributed by atoms with E-state index >= 15 is 0 Å². The summed E-state index contributed by atoms with van der Waals surface area (Å²) in [5.41, 5.74) is 1.31. The SMILES string of the molecule is C=CN[C@H](CN1CC[C@H](O[S+](C)C(C)(C)C)C1)c1ccccc1. The Balaban J connectivity index is 1.89. The summed E-state index contributed by atoms with van der Waals surface area (Å²) in [5, 5.41) is 3.39. The minimum Gasteiger partial charge on any atom is -0.383 e. The Kier molecular flexibility index (Phi) is 6.57. The molecule has 1 heterocycles. The fraction of sp³-hybridized carbons (Fsp3) is 0.579. The highest BCUT2D eigenvalue weighted by molar-refractivity contribution is 7.93. The molecule has 1 N–H and O–H groups in total. The summed E-state index contributed by atoms with van der Waals surface area (Å²) < 4.78 is 6.53. The summed E-state index contributed by atoms with van der Waals surface area (Å²) in [6.07, 6.45) is 5.50. The molecule has 0 spiro atoms. The standard InChI is InChI=1S/C19H31N2OS/c1-6-20-18(16-10-8-7-9-11-16)15-21-13-12-17(14-21)22-23(5)19(2,3)4/h6-11,17-18,20H,1,12-15H2,2-5H3/q+1/t17-,18+,23?/m0/s1. The molecule has 0 aromatic heterocycles. The number of rotatable bonds is 7. The Labute approximate surface area is 144 Å². The molecule has 3 nitrogen and oxygen atoms in total. The van der Waals surface area contributed by atoms with Crippen molar-refractivity contribution in [2.45, 2.75) is 44.1 Å². The maximum Gasteiger partial charge on any atom is 0.152 e. The van der Waals surface area contributed by atoms with Gasteiger partial charge in [-0.3, -0.25) is 4.90 Å². The highest BCUT2D eigenvalue weighted by atomic mass is 32.2. The van der Waals surface area contributed by atoms with Gasteiger partial charge in [0.15, 0.2) is 4.75 Å². The molecule has 1 aliphatic rings. The van der Waals surface area contributed by atoms with Crippen LogP contribution in [0.2, 0.25) is 0 Å². The molecular formula is C19H31N2OS+. The summed E-state index contributed by atoms with van der Waals surface area (Å²) >= 11 is -0.00262. The molecule has 1 aromatic rings. The average molecular weight is 336 g/mol. The lowest BCUT2D eigenvalue weighted by atomic mass is 10.1. The highest BCUT2D eigenvalue weighted by Crippen LogP contribution is 2.24. The van der Waals surface area contributed by atoms with Crippen LogP contribution in [0.3, 0.4) is 0 Å². The predicted molar refractivity (Wildman–Crippen MR) is 101 cm³/mol. The van der Waals surface area contributed by atoms with Crippen LogP contribution in [0.25, 0.3) is 0 Å². The van der Waals surface area contributed by atoms with E-state index in [9.17, 15) is 0 Å². The van der Waals surface area contributed by atoms with E-state index in [1.165, 1.54) is 5.56 Å². The van der Waals surface area contributed by atoms with E-state index in [2.05, 4.69) is 74.2 Å². The molecule has 23 heavy (non-hydrogen) atoms. The van der Waals surface area contributed by atoms with E-state index < -0.39 is 0 Å². The van der Waals surface area contributed by atoms with Gasteiger partial charge in [-0.1, -0.05) is 36.9 Å². The highest BCUT2D eigenvalue weighted by Gasteiger charge is 2.37. The van der Waals surface area contributed by atoms with Crippen LogP contribution in [0.1, 0.15) is 38.8 Å². The van der Waals surface area contributed by atoms with Crippen molar-refractivity contribution in [1.29, 1.82) is 0 Å². The van der Waals surface area contributed by atoms with E-state index in [0.717, 1.165) is 26.1 Å². The smallest absolute Gasteiger partial charge is 0.152 e. The second-order valence-electron chi connectivity index (χ2n) is 7.17. The first-order valence-corrected chi connectivity index (χ1v) is 9.93. The topological polar surface area (TPSA) is 24.5 Å². The third-order valence-electron chi connectivity index (χ3n) is 4.33. The summed E-state index contributed by atoms with van der Waals surface area (Å²) in [4.78, 5) is 2.50. The lowest BCUT2D eigenvalue weighted by Gasteiger charge is -2.24. The van der Waals surface area contributed by atoms with Crippen molar-refractivity contribution >= 4 is 11.2 Å². The van der Waals surface area contributed by atoms with Crippen LogP contribution in [0.4, 0.5) is 0 Å². The van der Waals surface area contributed by atoms with E-state index in [-0.39, 0.29) is 22.0 Å². The minimum absolute atomic E-state index is 0.00262. The molecule has 3 atom stereocenters. The molecule has 0 bridgehead atoms. The quantitative estimate of drug-likeness (QED) is 0.772. The lowest BCUT2D eigenvalue weighted by molar-refractivity contribution is 0.216. The second-order valence-corrected chi connectivity index (χ2v) is 9.49. The van der Waals surface area contributed by atoms with Gasteiger partial charge in [-0.15, -0.1) is 0 Å². The molecule has 1 aromatic carbocycles. The van der Waals surface area contributed by atoms with Crippen molar-refractivity contribution in [1.82, 2.24) is 10.2 Å². The van der Waals surface area contributed by atoms with Crippen LogP contribution < -0.4 is 5.32 Å². The molecular weight excluding hydrogens is 304 g/mol. The summed E-state index contributed by atoms with van der Waals surface area (Å²) in [5.74, 6) is 0. The molecule has 4 heteroatoms. The van der Waals surface area contributed by atoms with Gasteiger partial charge in [0.1, 0.15) is 23.5 Å². The minimum atomic E-state index is -0.00262. The van der Waals surface area contributed by atoms with Gasteiger partial charge in [0.05, 0.1) is 6.04 Å². The zero-order valence-electron chi connectivity index (χ0n) is 14.9. The molecule has 0 amide bonds. The largest absolute Gasteiger partial charge is 0.383 e. The molecule has 0 saturated carbocycles. The van der Waals surface area contributed by atoms with Gasteiger partial charge >= 0.3 is 0 Å². The van der Waals surface area contributed by atoms with Crippen molar-refractivity contribution in [3.63, 3.8) is 0 Å². The number of nitrogens with zero attached hydrogens (tertiary/aromatic N) is 1. The summed E-state index contributed by atoms with van der Waals surface area (Å²) in [6.45, 7) is 13.7. The van der Waals surface area contributed by atoms with Crippen molar-refractivity contribution in [3.05, 3.63) is 48.7 Å². The summed E-state index contributed by atoms with van der Waals surface area (Å²) in [6, 6.07) is 10.9. The van der Waals surface area contributed by atoms with Gasteiger partial charge in [0.2, 0.25) is 0 Å². The summed E-state index contributed by atoms with van der Waals surface area (Å²) in [7, 11) is 0. The second kappa shape index (κ2) is 8.22. The van der Waals surface area contributed by atoms with Crippen LogP contribution in [0.15, 0.2) is 43.1 Å². The first-order valence-electron chi connectivity index (χ1n) is 8.37. The molecule has 1 aliphatic heterocycles.